The Morgan fingerprint density at radius 3 is 2.71 bits per heavy atom. The normalized spacial score (nSPS) is 12.4. The second-order valence-electron chi connectivity index (χ2n) is 3.91. The van der Waals surface area contributed by atoms with E-state index in [0.717, 1.165) is 0 Å². The van der Waals surface area contributed by atoms with Crippen LogP contribution in [-0.2, 0) is 0 Å². The number of ether oxygens (including phenoxy) is 1. The van der Waals surface area contributed by atoms with Gasteiger partial charge >= 0.3 is 0 Å². The van der Waals surface area contributed by atoms with Crippen LogP contribution in [0.4, 0.5) is 0 Å². The summed E-state index contributed by atoms with van der Waals surface area (Å²) in [5, 5.41) is 9.09. The number of aliphatic hydroxyl groups is 1. The van der Waals surface area contributed by atoms with Crippen LogP contribution in [0.3, 0.4) is 0 Å². The fourth-order valence-electron chi connectivity index (χ4n) is 1.56. The zero-order valence-electron chi connectivity index (χ0n) is 11.3. The second-order valence-corrected chi connectivity index (χ2v) is 4.65. The number of benzene rings is 1. The minimum atomic E-state index is -1.17. The molecule has 0 radical (unpaired) electrons. The number of Topliss-reactive ketones (excluding diaryl/α,β-unsaturated/α-hetero) is 1. The largest absolute Gasteiger partial charge is 0.489 e. The van der Waals surface area contributed by atoms with Gasteiger partial charge in [-0.05, 0) is 12.1 Å². The van der Waals surface area contributed by atoms with E-state index in [1.807, 2.05) is 0 Å². The van der Waals surface area contributed by atoms with Gasteiger partial charge in [-0.25, -0.2) is 0 Å². The van der Waals surface area contributed by atoms with E-state index in [4.69, 9.17) is 26.0 Å². The van der Waals surface area contributed by atoms with Gasteiger partial charge in [-0.2, -0.15) is 0 Å². The zero-order chi connectivity index (χ0) is 15.8. The molecule has 0 fully saturated rings. The summed E-state index contributed by atoms with van der Waals surface area (Å²) in [6.07, 6.45) is 4.48. The molecule has 21 heavy (non-hydrogen) atoms. The number of rotatable bonds is 8. The highest BCUT2D eigenvalue weighted by Gasteiger charge is 2.16. The number of carbonyl (C=O) groups is 1. The lowest BCUT2D eigenvalue weighted by molar-refractivity contribution is 0.103. The van der Waals surface area contributed by atoms with E-state index >= 15 is 0 Å². The summed E-state index contributed by atoms with van der Waals surface area (Å²) >= 11 is 5.44. The van der Waals surface area contributed by atoms with E-state index in [0.29, 0.717) is 16.9 Å². The van der Waals surface area contributed by atoms with Crippen molar-refractivity contribution < 1.29 is 19.2 Å². The van der Waals surface area contributed by atoms with Crippen molar-refractivity contribution in [3.63, 3.8) is 0 Å². The first-order chi connectivity index (χ1) is 10.0. The van der Waals surface area contributed by atoms with Gasteiger partial charge in [0.1, 0.15) is 18.1 Å². The number of carbonyl (C=O) groups excluding carboxylic acids is 1. The summed E-state index contributed by atoms with van der Waals surface area (Å²) in [5.41, 5.74) is -0.483. The second kappa shape index (κ2) is 8.63. The highest BCUT2D eigenvalue weighted by molar-refractivity contribution is 7.10. The van der Waals surface area contributed by atoms with E-state index in [1.165, 1.54) is 18.2 Å². The van der Waals surface area contributed by atoms with Crippen molar-refractivity contribution in [2.45, 2.75) is 5.56 Å². The summed E-state index contributed by atoms with van der Waals surface area (Å²) in [6.45, 7) is 6.99. The topological polar surface area (TPSA) is 55.8 Å². The van der Waals surface area contributed by atoms with Crippen molar-refractivity contribution in [1.82, 2.24) is 0 Å². The lowest BCUT2D eigenvalue weighted by Crippen LogP contribution is -2.13. The number of halogens is 1. The number of allylic oxidation sites excluding steroid dienone is 4. The standard InChI is InChI=1S/C15H16ClO4P/c1-3-5-10(4-2)15(18)12-7-6-11(20-21)8-13(12)19-9-14(16)17/h3-8,14,17H,1-2,9,21H2/b10-5+. The molecule has 1 N–H and O–H groups in total. The van der Waals surface area contributed by atoms with Crippen LogP contribution in [0.15, 0.2) is 55.2 Å². The Morgan fingerprint density at radius 2 is 2.19 bits per heavy atom. The smallest absolute Gasteiger partial charge is 0.196 e. The Bertz CT molecular complexity index is 567. The summed E-state index contributed by atoms with van der Waals surface area (Å²) in [6, 6.07) is 4.73. The summed E-state index contributed by atoms with van der Waals surface area (Å²) in [5.74, 6) is 0.471. The lowest BCUT2D eigenvalue weighted by Gasteiger charge is -2.13. The third-order valence-corrected chi connectivity index (χ3v) is 2.89. The molecule has 112 valence electrons. The molecule has 0 spiro atoms. The molecule has 1 aromatic carbocycles. The first-order valence-electron chi connectivity index (χ1n) is 5.99. The quantitative estimate of drug-likeness (QED) is 0.262. The number of aliphatic hydroxyl groups excluding tert-OH is 1. The molecule has 0 aliphatic heterocycles. The van der Waals surface area contributed by atoms with Crippen LogP contribution in [0, 0.1) is 0 Å². The molecule has 1 aromatic rings. The molecule has 2 atom stereocenters. The third-order valence-electron chi connectivity index (χ3n) is 2.49. The van der Waals surface area contributed by atoms with Gasteiger partial charge in [0.15, 0.2) is 11.3 Å². The van der Waals surface area contributed by atoms with Gasteiger partial charge in [0, 0.05) is 11.6 Å². The van der Waals surface area contributed by atoms with Gasteiger partial charge in [-0.15, -0.1) is 0 Å². The molecular formula is C15H16ClO4P. The fraction of sp³-hybridized carbons (Fsp3) is 0.133. The van der Waals surface area contributed by atoms with Crippen molar-refractivity contribution in [2.75, 3.05) is 6.61 Å². The van der Waals surface area contributed by atoms with Crippen molar-refractivity contribution in [3.8, 4) is 11.5 Å². The van der Waals surface area contributed by atoms with Crippen molar-refractivity contribution in [1.29, 1.82) is 0 Å². The molecule has 6 heteroatoms. The molecule has 0 aliphatic carbocycles. The van der Waals surface area contributed by atoms with E-state index in [-0.39, 0.29) is 18.1 Å². The highest BCUT2D eigenvalue weighted by Crippen LogP contribution is 2.28. The van der Waals surface area contributed by atoms with Crippen molar-refractivity contribution in [3.05, 3.63) is 60.7 Å². The SMILES string of the molecule is C=C/C=C(\C=C)C(=O)c1ccc(OP)cc1OCC(O)Cl. The molecular weight excluding hydrogens is 311 g/mol. The Morgan fingerprint density at radius 1 is 1.48 bits per heavy atom. The Hall–Kier alpha value is -1.61. The van der Waals surface area contributed by atoms with Crippen LogP contribution < -0.4 is 9.26 Å². The zero-order valence-corrected chi connectivity index (χ0v) is 13.2. The predicted octanol–water partition coefficient (Wildman–Crippen LogP) is 3.27. The van der Waals surface area contributed by atoms with E-state index in [1.54, 1.807) is 18.2 Å². The number of hydrogen-bond donors (Lipinski definition) is 1. The first kappa shape index (κ1) is 17.4. The molecule has 1 rings (SSSR count). The minimum absolute atomic E-state index is 0.156. The molecule has 0 aromatic heterocycles. The monoisotopic (exact) mass is 326 g/mol. The van der Waals surface area contributed by atoms with Gasteiger partial charge in [-0.1, -0.05) is 43.0 Å². The molecule has 0 saturated heterocycles. The maximum absolute atomic E-state index is 12.4. The number of hydrogen-bond acceptors (Lipinski definition) is 4. The van der Waals surface area contributed by atoms with Crippen LogP contribution in [0.2, 0.25) is 0 Å². The van der Waals surface area contributed by atoms with Crippen LogP contribution in [0.5, 0.6) is 11.5 Å². The summed E-state index contributed by atoms with van der Waals surface area (Å²) < 4.78 is 10.4. The maximum atomic E-state index is 12.4. The van der Waals surface area contributed by atoms with Crippen LogP contribution in [-0.4, -0.2) is 23.1 Å². The van der Waals surface area contributed by atoms with Gasteiger partial charge < -0.3 is 14.4 Å². The first-order valence-corrected chi connectivity index (χ1v) is 6.89. The minimum Gasteiger partial charge on any atom is -0.489 e. The van der Waals surface area contributed by atoms with Crippen LogP contribution >= 0.6 is 21.1 Å². The average molecular weight is 327 g/mol. The third kappa shape index (κ3) is 5.01. The Balaban J connectivity index is 3.20. The van der Waals surface area contributed by atoms with Crippen molar-refractivity contribution in [2.24, 2.45) is 0 Å². The van der Waals surface area contributed by atoms with Crippen LogP contribution in [0.25, 0.3) is 0 Å². The Labute approximate surface area is 131 Å². The van der Waals surface area contributed by atoms with E-state index in [9.17, 15) is 4.79 Å². The summed E-state index contributed by atoms with van der Waals surface area (Å²) in [7, 11) is 2.10. The molecule has 0 amide bonds. The van der Waals surface area contributed by atoms with Crippen molar-refractivity contribution >= 4 is 26.9 Å². The van der Waals surface area contributed by atoms with Gasteiger partial charge in [-0.3, -0.25) is 4.79 Å². The van der Waals surface area contributed by atoms with Gasteiger partial charge in [0.25, 0.3) is 0 Å². The molecule has 0 aliphatic rings. The molecule has 4 nitrogen and oxygen atoms in total. The van der Waals surface area contributed by atoms with Gasteiger partial charge in [0.2, 0.25) is 0 Å². The fourth-order valence-corrected chi connectivity index (χ4v) is 1.77. The molecule has 0 heterocycles. The molecule has 0 saturated carbocycles. The lowest BCUT2D eigenvalue weighted by atomic mass is 10.0. The number of alkyl halides is 1. The maximum Gasteiger partial charge on any atom is 0.196 e. The van der Waals surface area contributed by atoms with Crippen LogP contribution in [0.1, 0.15) is 10.4 Å². The van der Waals surface area contributed by atoms with Gasteiger partial charge in [0.05, 0.1) is 15.0 Å². The predicted molar refractivity (Wildman–Crippen MR) is 86.9 cm³/mol. The Kier molecular flexibility index (Phi) is 7.17. The molecule has 2 unspecified atom stereocenters. The number of ketones is 1. The highest BCUT2D eigenvalue weighted by atomic mass is 35.5. The van der Waals surface area contributed by atoms with E-state index in [2.05, 4.69) is 22.6 Å². The van der Waals surface area contributed by atoms with E-state index < -0.39 is 5.56 Å². The average Bonchev–Trinajstić information content (AvgIpc) is 2.49. The molecule has 0 bridgehead atoms. The summed E-state index contributed by atoms with van der Waals surface area (Å²) in [4.78, 5) is 12.4.